The first-order chi connectivity index (χ1) is 9.65. The Hall–Kier alpha value is -2.03. The molecule has 110 valence electrons. The molecule has 2 rings (SSSR count). The van der Waals surface area contributed by atoms with Crippen LogP contribution in [0.5, 0.6) is 0 Å². The molecule has 9 nitrogen and oxygen atoms in total. The summed E-state index contributed by atoms with van der Waals surface area (Å²) in [6.45, 7) is 2.09. The Labute approximate surface area is 115 Å². The minimum atomic E-state index is -0.868. The van der Waals surface area contributed by atoms with Crippen molar-refractivity contribution in [3.63, 3.8) is 0 Å². The Morgan fingerprint density at radius 2 is 2.30 bits per heavy atom. The summed E-state index contributed by atoms with van der Waals surface area (Å²) < 4.78 is 1.40. The van der Waals surface area contributed by atoms with E-state index in [1.54, 1.807) is 4.90 Å². The highest BCUT2D eigenvalue weighted by molar-refractivity contribution is 5.76. The van der Waals surface area contributed by atoms with E-state index in [0.717, 1.165) is 19.4 Å². The van der Waals surface area contributed by atoms with Crippen molar-refractivity contribution in [1.29, 1.82) is 0 Å². The molecule has 1 aromatic rings. The van der Waals surface area contributed by atoms with Crippen molar-refractivity contribution in [2.45, 2.75) is 19.4 Å². The molecule has 1 aliphatic rings. The molecule has 1 amide bonds. The van der Waals surface area contributed by atoms with Crippen molar-refractivity contribution in [2.75, 3.05) is 26.2 Å². The molecule has 0 radical (unpaired) electrons. The summed E-state index contributed by atoms with van der Waals surface area (Å²) in [6.07, 6.45) is 3.34. The molecule has 0 spiro atoms. The fourth-order valence-corrected chi connectivity index (χ4v) is 2.33. The predicted octanol–water partition coefficient (Wildman–Crippen LogP) is -1.41. The summed E-state index contributed by atoms with van der Waals surface area (Å²) in [6, 6.07) is 0. The van der Waals surface area contributed by atoms with Crippen LogP contribution in [0, 0.1) is 5.92 Å². The van der Waals surface area contributed by atoms with Gasteiger partial charge in [0.1, 0.15) is 12.9 Å². The molecule has 1 unspecified atom stereocenters. The third kappa shape index (κ3) is 4.26. The summed E-state index contributed by atoms with van der Waals surface area (Å²) in [5, 5.41) is 22.1. The van der Waals surface area contributed by atoms with Gasteiger partial charge in [-0.05, 0) is 29.2 Å². The average molecular weight is 282 g/mol. The number of rotatable bonds is 6. The summed E-state index contributed by atoms with van der Waals surface area (Å²) in [7, 11) is 0. The lowest BCUT2D eigenvalue weighted by Crippen LogP contribution is -2.44. The number of tetrazole rings is 1. The van der Waals surface area contributed by atoms with E-state index in [0.29, 0.717) is 19.0 Å². The van der Waals surface area contributed by atoms with Crippen LogP contribution in [0.4, 0.5) is 0 Å². The fraction of sp³-hybridized carbons (Fsp3) is 0.727. The van der Waals surface area contributed by atoms with Crippen molar-refractivity contribution < 1.29 is 14.7 Å². The maximum absolute atomic E-state index is 12.1. The average Bonchev–Trinajstić information content (AvgIpc) is 2.91. The number of aliphatic carboxylic acids is 1. The van der Waals surface area contributed by atoms with Crippen LogP contribution in [0.2, 0.25) is 0 Å². The third-order valence-corrected chi connectivity index (χ3v) is 3.27. The lowest BCUT2D eigenvalue weighted by Gasteiger charge is -2.32. The Balaban J connectivity index is 1.77. The maximum atomic E-state index is 12.1. The molecule has 0 aromatic carbocycles. The standard InChI is InChI=1S/C11H18N6O3/c18-10(7-17-8-13-14-15-17)16-3-1-2-9(6-16)4-12-5-11(19)20/h8-9,12H,1-7H2,(H,19,20). The van der Waals surface area contributed by atoms with Crippen molar-refractivity contribution >= 4 is 11.9 Å². The first-order valence-corrected chi connectivity index (χ1v) is 6.56. The quantitative estimate of drug-likeness (QED) is 0.658. The Morgan fingerprint density at radius 3 is 3.00 bits per heavy atom. The van der Waals surface area contributed by atoms with Gasteiger partial charge in [0, 0.05) is 19.6 Å². The molecule has 1 fully saturated rings. The number of carboxylic acids is 1. The predicted molar refractivity (Wildman–Crippen MR) is 67.6 cm³/mol. The highest BCUT2D eigenvalue weighted by Crippen LogP contribution is 2.16. The van der Waals surface area contributed by atoms with E-state index in [-0.39, 0.29) is 19.0 Å². The Morgan fingerprint density at radius 1 is 1.45 bits per heavy atom. The lowest BCUT2D eigenvalue weighted by molar-refractivity contribution is -0.136. The van der Waals surface area contributed by atoms with Gasteiger partial charge in [-0.15, -0.1) is 5.10 Å². The molecule has 1 aromatic heterocycles. The first kappa shape index (κ1) is 14.4. The smallest absolute Gasteiger partial charge is 0.317 e. The summed E-state index contributed by atoms with van der Waals surface area (Å²) in [5.41, 5.74) is 0. The Bertz CT molecular complexity index is 449. The van der Waals surface area contributed by atoms with Gasteiger partial charge in [-0.25, -0.2) is 4.68 Å². The van der Waals surface area contributed by atoms with Crippen molar-refractivity contribution in [2.24, 2.45) is 5.92 Å². The van der Waals surface area contributed by atoms with E-state index in [1.807, 2.05) is 0 Å². The van der Waals surface area contributed by atoms with Crippen LogP contribution in [0.15, 0.2) is 6.33 Å². The van der Waals surface area contributed by atoms with Crippen LogP contribution >= 0.6 is 0 Å². The zero-order valence-electron chi connectivity index (χ0n) is 11.1. The highest BCUT2D eigenvalue weighted by Gasteiger charge is 2.23. The normalized spacial score (nSPS) is 19.0. The molecule has 0 bridgehead atoms. The van der Waals surface area contributed by atoms with Crippen LogP contribution in [0.25, 0.3) is 0 Å². The number of likely N-dealkylation sites (tertiary alicyclic amines) is 1. The fourth-order valence-electron chi connectivity index (χ4n) is 2.33. The molecular weight excluding hydrogens is 264 g/mol. The molecule has 1 atom stereocenters. The van der Waals surface area contributed by atoms with Gasteiger partial charge >= 0.3 is 5.97 Å². The zero-order chi connectivity index (χ0) is 14.4. The van der Waals surface area contributed by atoms with Crippen LogP contribution < -0.4 is 5.32 Å². The van der Waals surface area contributed by atoms with Crippen molar-refractivity contribution in [1.82, 2.24) is 30.4 Å². The molecule has 1 aliphatic heterocycles. The number of aromatic nitrogens is 4. The van der Waals surface area contributed by atoms with Gasteiger partial charge in [-0.1, -0.05) is 0 Å². The third-order valence-electron chi connectivity index (χ3n) is 3.27. The van der Waals surface area contributed by atoms with Gasteiger partial charge in [0.15, 0.2) is 0 Å². The molecule has 0 saturated carbocycles. The van der Waals surface area contributed by atoms with Gasteiger partial charge in [0.05, 0.1) is 6.54 Å². The number of carboxylic acid groups (broad SMARTS) is 1. The van der Waals surface area contributed by atoms with Crippen LogP contribution in [0.3, 0.4) is 0 Å². The summed E-state index contributed by atoms with van der Waals surface area (Å²) in [5.74, 6) is -0.589. The molecule has 2 N–H and O–H groups in total. The second-order valence-corrected chi connectivity index (χ2v) is 4.88. The lowest BCUT2D eigenvalue weighted by atomic mass is 9.98. The summed E-state index contributed by atoms with van der Waals surface area (Å²) in [4.78, 5) is 24.3. The van der Waals surface area contributed by atoms with Crippen LogP contribution in [0.1, 0.15) is 12.8 Å². The van der Waals surface area contributed by atoms with Crippen molar-refractivity contribution in [3.05, 3.63) is 6.33 Å². The highest BCUT2D eigenvalue weighted by atomic mass is 16.4. The minimum Gasteiger partial charge on any atom is -0.480 e. The van der Waals surface area contributed by atoms with Gasteiger partial charge in [0.25, 0.3) is 0 Å². The van der Waals surface area contributed by atoms with Gasteiger partial charge < -0.3 is 15.3 Å². The molecule has 20 heavy (non-hydrogen) atoms. The largest absolute Gasteiger partial charge is 0.480 e. The Kier molecular flexibility index (Phi) is 4.99. The first-order valence-electron chi connectivity index (χ1n) is 6.56. The monoisotopic (exact) mass is 282 g/mol. The molecule has 9 heteroatoms. The minimum absolute atomic E-state index is 0.0137. The second kappa shape index (κ2) is 6.94. The van der Waals surface area contributed by atoms with Gasteiger partial charge in [-0.2, -0.15) is 0 Å². The van der Waals surface area contributed by atoms with E-state index < -0.39 is 5.97 Å². The molecule has 1 saturated heterocycles. The number of piperidine rings is 1. The molecular formula is C11H18N6O3. The van der Waals surface area contributed by atoms with E-state index in [9.17, 15) is 9.59 Å². The van der Waals surface area contributed by atoms with E-state index >= 15 is 0 Å². The number of carbonyl (C=O) groups is 2. The number of hydrogen-bond donors (Lipinski definition) is 2. The van der Waals surface area contributed by atoms with E-state index in [4.69, 9.17) is 5.11 Å². The van der Waals surface area contributed by atoms with Gasteiger partial charge in [-0.3, -0.25) is 9.59 Å². The number of hydrogen-bond acceptors (Lipinski definition) is 6. The topological polar surface area (TPSA) is 113 Å². The molecule has 0 aliphatic carbocycles. The SMILES string of the molecule is O=C(O)CNCC1CCCN(C(=O)Cn2cnnn2)C1. The second-order valence-electron chi connectivity index (χ2n) is 4.88. The number of nitrogens with zero attached hydrogens (tertiary/aromatic N) is 5. The molecule has 2 heterocycles. The van der Waals surface area contributed by atoms with Crippen LogP contribution in [-0.4, -0.2) is 68.3 Å². The summed E-state index contributed by atoms with van der Waals surface area (Å²) >= 11 is 0. The van der Waals surface area contributed by atoms with E-state index in [2.05, 4.69) is 20.8 Å². The number of carbonyl (C=O) groups excluding carboxylic acids is 1. The van der Waals surface area contributed by atoms with E-state index in [1.165, 1.54) is 11.0 Å². The van der Waals surface area contributed by atoms with Crippen molar-refractivity contribution in [3.8, 4) is 0 Å². The maximum Gasteiger partial charge on any atom is 0.317 e. The van der Waals surface area contributed by atoms with Crippen LogP contribution in [-0.2, 0) is 16.1 Å². The van der Waals surface area contributed by atoms with Gasteiger partial charge in [0.2, 0.25) is 5.91 Å². The number of nitrogens with one attached hydrogen (secondary N) is 1. The zero-order valence-corrected chi connectivity index (χ0v) is 11.1. The number of amides is 1.